The molecule has 0 spiro atoms. The summed E-state index contributed by atoms with van der Waals surface area (Å²) >= 11 is 0. The monoisotopic (exact) mass is 259 g/mol. The number of hydrogen-bond acceptors (Lipinski definition) is 4. The second-order valence-electron chi connectivity index (χ2n) is 5.47. The van der Waals surface area contributed by atoms with E-state index in [4.69, 9.17) is 4.98 Å². The van der Waals surface area contributed by atoms with E-state index in [1.165, 1.54) is 12.8 Å². The number of fused-ring (bicyclic) bond motifs is 1. The highest BCUT2D eigenvalue weighted by molar-refractivity contribution is 5.48. The van der Waals surface area contributed by atoms with Crippen LogP contribution in [0.15, 0.2) is 24.5 Å². The third-order valence-corrected chi connectivity index (χ3v) is 3.68. The summed E-state index contributed by atoms with van der Waals surface area (Å²) in [5, 5.41) is 7.72. The molecule has 1 atom stereocenters. The van der Waals surface area contributed by atoms with Crippen LogP contribution < -0.4 is 10.2 Å². The molecule has 3 rings (SSSR count). The maximum absolute atomic E-state index is 4.69. The maximum atomic E-state index is 4.69. The van der Waals surface area contributed by atoms with E-state index >= 15 is 0 Å². The van der Waals surface area contributed by atoms with E-state index < -0.39 is 0 Å². The van der Waals surface area contributed by atoms with E-state index in [0.717, 1.165) is 24.6 Å². The van der Waals surface area contributed by atoms with Crippen LogP contribution in [0.3, 0.4) is 0 Å². The highest BCUT2D eigenvalue weighted by Crippen LogP contribution is 2.23. The quantitative estimate of drug-likeness (QED) is 0.907. The van der Waals surface area contributed by atoms with Crippen LogP contribution in [-0.2, 0) is 0 Å². The van der Waals surface area contributed by atoms with Gasteiger partial charge in [0.05, 0.1) is 6.20 Å². The maximum Gasteiger partial charge on any atom is 0.157 e. The molecule has 1 aliphatic rings. The standard InChI is InChI=1S/C14H21N5/c1-11(2)15-10-12-4-3-8-18(12)13-6-9-19-14(17-13)5-7-16-19/h5-7,9,11-12,15H,3-4,8,10H2,1-2H3. The molecule has 0 bridgehead atoms. The second kappa shape index (κ2) is 5.17. The molecule has 1 saturated heterocycles. The summed E-state index contributed by atoms with van der Waals surface area (Å²) < 4.78 is 1.81. The van der Waals surface area contributed by atoms with Gasteiger partial charge in [-0.25, -0.2) is 9.50 Å². The fourth-order valence-corrected chi connectivity index (χ4v) is 2.68. The van der Waals surface area contributed by atoms with Gasteiger partial charge in [0.1, 0.15) is 5.82 Å². The molecule has 2 aromatic rings. The summed E-state index contributed by atoms with van der Waals surface area (Å²) in [6.07, 6.45) is 6.26. The molecule has 0 amide bonds. The van der Waals surface area contributed by atoms with Crippen molar-refractivity contribution >= 4 is 11.5 Å². The molecule has 5 nitrogen and oxygen atoms in total. The third kappa shape index (κ3) is 2.56. The van der Waals surface area contributed by atoms with Crippen molar-refractivity contribution in [1.82, 2.24) is 19.9 Å². The Kier molecular flexibility index (Phi) is 3.38. The molecule has 1 aliphatic heterocycles. The van der Waals surface area contributed by atoms with Crippen LogP contribution >= 0.6 is 0 Å². The van der Waals surface area contributed by atoms with Crippen LogP contribution in [0.2, 0.25) is 0 Å². The second-order valence-corrected chi connectivity index (χ2v) is 5.47. The van der Waals surface area contributed by atoms with E-state index in [-0.39, 0.29) is 0 Å². The summed E-state index contributed by atoms with van der Waals surface area (Å²) in [5.41, 5.74) is 0.917. The number of anilines is 1. The smallest absolute Gasteiger partial charge is 0.157 e. The lowest BCUT2D eigenvalue weighted by Gasteiger charge is -2.26. The van der Waals surface area contributed by atoms with Gasteiger partial charge in [0.15, 0.2) is 5.65 Å². The van der Waals surface area contributed by atoms with Crippen molar-refractivity contribution < 1.29 is 0 Å². The molecule has 5 heteroatoms. The molecule has 1 fully saturated rings. The zero-order chi connectivity index (χ0) is 13.2. The van der Waals surface area contributed by atoms with Crippen LogP contribution in [0.5, 0.6) is 0 Å². The lowest BCUT2D eigenvalue weighted by molar-refractivity contribution is 0.522. The Bertz CT molecular complexity index is 548. The fourth-order valence-electron chi connectivity index (χ4n) is 2.68. The highest BCUT2D eigenvalue weighted by atomic mass is 15.3. The van der Waals surface area contributed by atoms with E-state index in [1.807, 2.05) is 12.3 Å². The van der Waals surface area contributed by atoms with E-state index in [0.29, 0.717) is 12.1 Å². The molecule has 3 heterocycles. The first-order valence-corrected chi connectivity index (χ1v) is 7.04. The normalized spacial score (nSPS) is 19.7. The summed E-state index contributed by atoms with van der Waals surface area (Å²) in [4.78, 5) is 7.11. The zero-order valence-electron chi connectivity index (χ0n) is 11.6. The number of nitrogens with zero attached hydrogens (tertiary/aromatic N) is 4. The van der Waals surface area contributed by atoms with Gasteiger partial charge in [-0.05, 0) is 18.9 Å². The number of hydrogen-bond donors (Lipinski definition) is 1. The Hall–Kier alpha value is -1.62. The van der Waals surface area contributed by atoms with Gasteiger partial charge in [-0.1, -0.05) is 13.8 Å². The Morgan fingerprint density at radius 2 is 2.32 bits per heavy atom. The van der Waals surface area contributed by atoms with Crippen LogP contribution in [0, 0.1) is 0 Å². The van der Waals surface area contributed by atoms with Gasteiger partial charge in [-0.2, -0.15) is 5.10 Å². The molecular weight excluding hydrogens is 238 g/mol. The summed E-state index contributed by atoms with van der Waals surface area (Å²) in [6, 6.07) is 5.10. The molecule has 0 aliphatic carbocycles. The molecule has 0 radical (unpaired) electrons. The average Bonchev–Trinajstić information content (AvgIpc) is 3.04. The van der Waals surface area contributed by atoms with Gasteiger partial charge in [0.2, 0.25) is 0 Å². The summed E-state index contributed by atoms with van der Waals surface area (Å²) in [7, 11) is 0. The zero-order valence-corrected chi connectivity index (χ0v) is 11.6. The van der Waals surface area contributed by atoms with Crippen molar-refractivity contribution in [3.05, 3.63) is 24.5 Å². The molecule has 1 unspecified atom stereocenters. The Morgan fingerprint density at radius 3 is 3.16 bits per heavy atom. The first-order chi connectivity index (χ1) is 9.24. The summed E-state index contributed by atoms with van der Waals surface area (Å²) in [5.74, 6) is 1.07. The molecule has 0 aromatic carbocycles. The molecule has 102 valence electrons. The van der Waals surface area contributed by atoms with Gasteiger partial charge in [0.25, 0.3) is 0 Å². The number of rotatable bonds is 4. The largest absolute Gasteiger partial charge is 0.352 e. The van der Waals surface area contributed by atoms with E-state index in [2.05, 4.69) is 35.2 Å². The first-order valence-electron chi connectivity index (χ1n) is 7.04. The lowest BCUT2D eigenvalue weighted by atomic mass is 10.2. The fraction of sp³-hybridized carbons (Fsp3) is 0.571. The molecule has 0 saturated carbocycles. The van der Waals surface area contributed by atoms with Crippen LogP contribution in [0.25, 0.3) is 5.65 Å². The molecule has 1 N–H and O–H groups in total. The molecule has 19 heavy (non-hydrogen) atoms. The topological polar surface area (TPSA) is 45.5 Å². The van der Waals surface area contributed by atoms with Gasteiger partial charge < -0.3 is 10.2 Å². The van der Waals surface area contributed by atoms with Crippen molar-refractivity contribution in [3.8, 4) is 0 Å². The van der Waals surface area contributed by atoms with Crippen molar-refractivity contribution in [2.75, 3.05) is 18.0 Å². The molecule has 2 aromatic heterocycles. The lowest BCUT2D eigenvalue weighted by Crippen LogP contribution is -2.40. The minimum atomic E-state index is 0.535. The van der Waals surface area contributed by atoms with Gasteiger partial charge in [0, 0.05) is 37.4 Å². The van der Waals surface area contributed by atoms with Crippen molar-refractivity contribution in [1.29, 1.82) is 0 Å². The SMILES string of the molecule is CC(C)NCC1CCCN1c1ccn2nccc2n1. The van der Waals surface area contributed by atoms with Crippen LogP contribution in [-0.4, -0.2) is 39.8 Å². The van der Waals surface area contributed by atoms with Crippen LogP contribution in [0.4, 0.5) is 5.82 Å². The van der Waals surface area contributed by atoms with Crippen LogP contribution in [0.1, 0.15) is 26.7 Å². The van der Waals surface area contributed by atoms with Crippen molar-refractivity contribution in [2.24, 2.45) is 0 Å². The first kappa shape index (κ1) is 12.4. The van der Waals surface area contributed by atoms with Gasteiger partial charge in [-0.15, -0.1) is 0 Å². The van der Waals surface area contributed by atoms with E-state index in [9.17, 15) is 0 Å². The Labute approximate surface area is 113 Å². The third-order valence-electron chi connectivity index (χ3n) is 3.68. The predicted octanol–water partition coefficient (Wildman–Crippen LogP) is 1.70. The van der Waals surface area contributed by atoms with E-state index in [1.54, 1.807) is 10.7 Å². The van der Waals surface area contributed by atoms with Gasteiger partial charge >= 0.3 is 0 Å². The van der Waals surface area contributed by atoms with Gasteiger partial charge in [-0.3, -0.25) is 0 Å². The van der Waals surface area contributed by atoms with Crippen molar-refractivity contribution in [3.63, 3.8) is 0 Å². The number of aromatic nitrogens is 3. The summed E-state index contributed by atoms with van der Waals surface area (Å²) in [6.45, 7) is 6.51. The highest BCUT2D eigenvalue weighted by Gasteiger charge is 2.25. The minimum absolute atomic E-state index is 0.535. The predicted molar refractivity (Wildman–Crippen MR) is 76.5 cm³/mol. The number of nitrogens with one attached hydrogen (secondary N) is 1. The average molecular weight is 259 g/mol. The Balaban J connectivity index is 1.79. The minimum Gasteiger partial charge on any atom is -0.352 e. The molecular formula is C14H21N5. The Morgan fingerprint density at radius 1 is 1.42 bits per heavy atom. The van der Waals surface area contributed by atoms with Crippen molar-refractivity contribution in [2.45, 2.75) is 38.8 Å².